The smallest absolute Gasteiger partial charge is 0.329 e. The molecule has 0 spiro atoms. The number of ether oxygens (including phenoxy) is 1. The average Bonchev–Trinajstić information content (AvgIpc) is 2.77. The third-order valence-electron chi connectivity index (χ3n) is 5.62. The second kappa shape index (κ2) is 8.99. The Balaban J connectivity index is 1.73. The van der Waals surface area contributed by atoms with Crippen molar-refractivity contribution < 1.29 is 22.7 Å². The summed E-state index contributed by atoms with van der Waals surface area (Å²) in [6.45, 7) is 0.422. The minimum atomic E-state index is -1.22. The van der Waals surface area contributed by atoms with Gasteiger partial charge in [0.15, 0.2) is 0 Å². The van der Waals surface area contributed by atoms with Gasteiger partial charge in [-0.25, -0.2) is 22.5 Å². The number of aromatic nitrogens is 2. The molecule has 2 N–H and O–H groups in total. The number of hydrogen-bond acceptors (Lipinski definition) is 4. The molecule has 168 valence electrons. The first-order chi connectivity index (χ1) is 15.3. The molecule has 2 heterocycles. The van der Waals surface area contributed by atoms with Crippen LogP contribution in [0.1, 0.15) is 24.4 Å². The molecule has 10 heteroatoms. The Morgan fingerprint density at radius 2 is 1.78 bits per heavy atom. The van der Waals surface area contributed by atoms with Crippen LogP contribution in [0.5, 0.6) is 0 Å². The molecule has 1 fully saturated rings. The number of benzene rings is 2. The van der Waals surface area contributed by atoms with Gasteiger partial charge in [0.2, 0.25) is 5.91 Å². The minimum Gasteiger partial charge on any atom is -0.381 e. The van der Waals surface area contributed by atoms with E-state index in [1.165, 1.54) is 12.1 Å². The highest BCUT2D eigenvalue weighted by Crippen LogP contribution is 2.27. The number of aromatic amines is 1. The standard InChI is InChI=1S/C22H20F3N3O4/c23-14-3-4-18-16(9-14)21(30)28(22(31)27-18)19(12-5-7-32-8-6-12)20(29)26-11-13-1-2-15(24)10-17(13)25/h1-4,9-10,12,19H,5-8,11H2,(H,26,29)(H,27,31). The SMILES string of the molecule is O=C(NCc1ccc(F)cc1F)C(C1CCOCC1)n1c(=O)[nH]c2ccc(F)cc2c1=O. The maximum atomic E-state index is 14.0. The molecule has 1 unspecified atom stereocenters. The third-order valence-corrected chi connectivity index (χ3v) is 5.62. The number of amides is 1. The van der Waals surface area contributed by atoms with Crippen LogP contribution in [0.15, 0.2) is 46.0 Å². The summed E-state index contributed by atoms with van der Waals surface area (Å²) in [5.41, 5.74) is -1.42. The Hall–Kier alpha value is -3.40. The molecule has 0 radical (unpaired) electrons. The van der Waals surface area contributed by atoms with Crippen LogP contribution in [0, 0.1) is 23.4 Å². The quantitative estimate of drug-likeness (QED) is 0.628. The van der Waals surface area contributed by atoms with Crippen LogP contribution in [0.25, 0.3) is 10.9 Å². The van der Waals surface area contributed by atoms with Crippen molar-refractivity contribution >= 4 is 16.8 Å². The van der Waals surface area contributed by atoms with E-state index in [1.807, 2.05) is 0 Å². The van der Waals surface area contributed by atoms with E-state index in [1.54, 1.807) is 0 Å². The lowest BCUT2D eigenvalue weighted by atomic mass is 9.90. The Morgan fingerprint density at radius 3 is 2.50 bits per heavy atom. The predicted octanol–water partition coefficient (Wildman–Crippen LogP) is 2.39. The van der Waals surface area contributed by atoms with Crippen LogP contribution in [-0.2, 0) is 16.1 Å². The van der Waals surface area contributed by atoms with Crippen molar-refractivity contribution in [3.8, 4) is 0 Å². The van der Waals surface area contributed by atoms with Gasteiger partial charge >= 0.3 is 5.69 Å². The van der Waals surface area contributed by atoms with Crippen molar-refractivity contribution in [3.63, 3.8) is 0 Å². The Bertz CT molecular complexity index is 1280. The summed E-state index contributed by atoms with van der Waals surface area (Å²) in [6, 6.07) is 5.13. The zero-order valence-electron chi connectivity index (χ0n) is 16.9. The molecule has 1 saturated heterocycles. The highest BCUT2D eigenvalue weighted by molar-refractivity contribution is 5.82. The van der Waals surface area contributed by atoms with Crippen molar-refractivity contribution in [2.24, 2.45) is 5.92 Å². The van der Waals surface area contributed by atoms with Gasteiger partial charge in [-0.2, -0.15) is 0 Å². The highest BCUT2D eigenvalue weighted by atomic mass is 19.1. The Morgan fingerprint density at radius 1 is 1.09 bits per heavy atom. The van der Waals surface area contributed by atoms with Gasteiger partial charge in [-0.05, 0) is 43.0 Å². The van der Waals surface area contributed by atoms with Gasteiger partial charge < -0.3 is 15.0 Å². The number of H-pyrrole nitrogens is 1. The molecule has 4 rings (SSSR count). The van der Waals surface area contributed by atoms with Gasteiger partial charge in [0, 0.05) is 31.4 Å². The van der Waals surface area contributed by atoms with E-state index in [-0.39, 0.29) is 23.0 Å². The first kappa shape index (κ1) is 21.8. The first-order valence-electron chi connectivity index (χ1n) is 10.1. The van der Waals surface area contributed by atoms with E-state index in [2.05, 4.69) is 10.3 Å². The molecular weight excluding hydrogens is 427 g/mol. The maximum absolute atomic E-state index is 14.0. The van der Waals surface area contributed by atoms with E-state index < -0.39 is 46.6 Å². The van der Waals surface area contributed by atoms with Crippen LogP contribution < -0.4 is 16.6 Å². The lowest BCUT2D eigenvalue weighted by Gasteiger charge is -2.30. The van der Waals surface area contributed by atoms with Crippen molar-refractivity contribution in [1.82, 2.24) is 14.9 Å². The summed E-state index contributed by atoms with van der Waals surface area (Å²) in [4.78, 5) is 41.6. The van der Waals surface area contributed by atoms with E-state index in [9.17, 15) is 27.6 Å². The molecule has 1 aliphatic heterocycles. The molecular formula is C22H20F3N3O4. The molecule has 1 aromatic heterocycles. The molecule has 1 aliphatic rings. The van der Waals surface area contributed by atoms with E-state index in [0.29, 0.717) is 32.1 Å². The van der Waals surface area contributed by atoms with Crippen LogP contribution in [0.3, 0.4) is 0 Å². The molecule has 0 saturated carbocycles. The van der Waals surface area contributed by atoms with Gasteiger partial charge in [0.25, 0.3) is 5.56 Å². The van der Waals surface area contributed by atoms with Crippen LogP contribution in [0.4, 0.5) is 13.2 Å². The molecule has 0 aliphatic carbocycles. The number of fused-ring (bicyclic) bond motifs is 1. The van der Waals surface area contributed by atoms with Crippen molar-refractivity contribution in [2.75, 3.05) is 13.2 Å². The number of halogens is 3. The zero-order valence-corrected chi connectivity index (χ0v) is 16.9. The number of hydrogen-bond donors (Lipinski definition) is 2. The summed E-state index contributed by atoms with van der Waals surface area (Å²) in [7, 11) is 0. The monoisotopic (exact) mass is 447 g/mol. The molecule has 7 nitrogen and oxygen atoms in total. The minimum absolute atomic E-state index is 0.0484. The zero-order chi connectivity index (χ0) is 22.8. The number of carbonyl (C=O) groups excluding carboxylic acids is 1. The van der Waals surface area contributed by atoms with E-state index >= 15 is 0 Å². The molecule has 0 bridgehead atoms. The third kappa shape index (κ3) is 4.31. The lowest BCUT2D eigenvalue weighted by molar-refractivity contribution is -0.127. The number of rotatable bonds is 5. The van der Waals surface area contributed by atoms with Crippen molar-refractivity contribution in [2.45, 2.75) is 25.4 Å². The van der Waals surface area contributed by atoms with Crippen LogP contribution in [0.2, 0.25) is 0 Å². The topological polar surface area (TPSA) is 93.2 Å². The average molecular weight is 447 g/mol. The lowest BCUT2D eigenvalue weighted by Crippen LogP contribution is -2.48. The summed E-state index contributed by atoms with van der Waals surface area (Å²) < 4.78 is 47.0. The summed E-state index contributed by atoms with van der Waals surface area (Å²) >= 11 is 0. The number of carbonyl (C=O) groups is 1. The largest absolute Gasteiger partial charge is 0.381 e. The maximum Gasteiger partial charge on any atom is 0.329 e. The predicted molar refractivity (Wildman–Crippen MR) is 110 cm³/mol. The molecule has 32 heavy (non-hydrogen) atoms. The fourth-order valence-electron chi connectivity index (χ4n) is 3.98. The van der Waals surface area contributed by atoms with Crippen LogP contribution >= 0.6 is 0 Å². The summed E-state index contributed by atoms with van der Waals surface area (Å²) in [5.74, 6) is -3.33. The van der Waals surface area contributed by atoms with Gasteiger partial charge in [-0.15, -0.1) is 0 Å². The van der Waals surface area contributed by atoms with Gasteiger partial charge in [-0.3, -0.25) is 9.59 Å². The molecule has 1 amide bonds. The first-order valence-corrected chi connectivity index (χ1v) is 10.1. The van der Waals surface area contributed by atoms with E-state index in [0.717, 1.165) is 22.8 Å². The Labute approximate surface area is 179 Å². The van der Waals surface area contributed by atoms with E-state index in [4.69, 9.17) is 4.74 Å². The molecule has 1 atom stereocenters. The fraction of sp³-hybridized carbons (Fsp3) is 0.318. The second-order valence-electron chi connectivity index (χ2n) is 7.64. The number of nitrogens with zero attached hydrogens (tertiary/aromatic N) is 1. The molecule has 3 aromatic rings. The number of nitrogens with one attached hydrogen (secondary N) is 2. The van der Waals surface area contributed by atoms with Crippen molar-refractivity contribution in [1.29, 1.82) is 0 Å². The van der Waals surface area contributed by atoms with Gasteiger partial charge in [0.1, 0.15) is 23.5 Å². The summed E-state index contributed by atoms with van der Waals surface area (Å²) in [6.07, 6.45) is 0.826. The fourth-order valence-corrected chi connectivity index (χ4v) is 3.98. The van der Waals surface area contributed by atoms with Crippen molar-refractivity contribution in [3.05, 3.63) is 80.3 Å². The van der Waals surface area contributed by atoms with Gasteiger partial charge in [0.05, 0.1) is 10.9 Å². The van der Waals surface area contributed by atoms with Crippen LogP contribution in [-0.4, -0.2) is 28.7 Å². The normalized spacial score (nSPS) is 15.6. The Kier molecular flexibility index (Phi) is 6.13. The molecule has 2 aromatic carbocycles. The highest BCUT2D eigenvalue weighted by Gasteiger charge is 2.34. The second-order valence-corrected chi connectivity index (χ2v) is 7.64. The summed E-state index contributed by atoms with van der Waals surface area (Å²) in [5, 5.41) is 2.47. The van der Waals surface area contributed by atoms with Gasteiger partial charge in [-0.1, -0.05) is 6.07 Å².